The van der Waals surface area contributed by atoms with Crippen LogP contribution in [-0.4, -0.2) is 37.5 Å². The lowest BCUT2D eigenvalue weighted by atomic mass is 10.1. The van der Waals surface area contributed by atoms with Gasteiger partial charge in [0.25, 0.3) is 5.76 Å². The van der Waals surface area contributed by atoms with Gasteiger partial charge in [-0.15, -0.1) is 0 Å². The number of aryl methyl sites for hydroxylation is 1. The summed E-state index contributed by atoms with van der Waals surface area (Å²) in [7, 11) is -3.51. The van der Waals surface area contributed by atoms with Crippen molar-refractivity contribution in [1.82, 2.24) is 4.31 Å². The van der Waals surface area contributed by atoms with E-state index in [0.29, 0.717) is 41.9 Å². The van der Waals surface area contributed by atoms with E-state index in [9.17, 15) is 22.0 Å². The van der Waals surface area contributed by atoms with Crippen LogP contribution in [0.3, 0.4) is 0 Å². The maximum Gasteiger partial charge on any atom is 0.288 e. The maximum atomic E-state index is 12.6. The minimum atomic E-state index is -3.51. The minimum absolute atomic E-state index is 0.149. The van der Waals surface area contributed by atoms with Crippen molar-refractivity contribution in [3.63, 3.8) is 0 Å². The molecule has 0 aliphatic carbocycles. The molecule has 2 aromatic carbocycles. The molecule has 0 bridgehead atoms. The molecular weight excluding hydrogens is 418 g/mol. The van der Waals surface area contributed by atoms with Crippen molar-refractivity contribution in [2.45, 2.75) is 42.2 Å². The van der Waals surface area contributed by atoms with Crippen LogP contribution in [0.25, 0.3) is 0 Å². The third-order valence-electron chi connectivity index (χ3n) is 4.28. The van der Waals surface area contributed by atoms with Gasteiger partial charge >= 0.3 is 0 Å². The van der Waals surface area contributed by atoms with E-state index in [2.05, 4.69) is 5.32 Å². The molecule has 0 aliphatic rings. The van der Waals surface area contributed by atoms with Crippen LogP contribution in [0.1, 0.15) is 25.8 Å². The highest BCUT2D eigenvalue weighted by Crippen LogP contribution is 2.31. The van der Waals surface area contributed by atoms with Gasteiger partial charge in [-0.3, -0.25) is 4.79 Å². The molecule has 0 saturated heterocycles. The molecule has 0 aromatic heterocycles. The van der Waals surface area contributed by atoms with E-state index in [1.54, 1.807) is 44.2 Å². The molecule has 0 spiro atoms. The molecule has 1 N–H and O–H groups in total. The Labute approximate surface area is 174 Å². The average Bonchev–Trinajstić information content (AvgIpc) is 2.68. The SMILES string of the molecule is CCN(CC)S(=O)(=O)c1ccc(CCC(=O)Nc2ccccc2SC(F)F)cc1. The molecule has 0 fully saturated rings. The number of benzene rings is 2. The quantitative estimate of drug-likeness (QED) is 0.546. The first kappa shape index (κ1) is 23.3. The zero-order chi connectivity index (χ0) is 21.4. The second kappa shape index (κ2) is 10.7. The first-order valence-corrected chi connectivity index (χ1v) is 11.5. The Bertz CT molecular complexity index is 916. The van der Waals surface area contributed by atoms with Crippen LogP contribution >= 0.6 is 11.8 Å². The zero-order valence-corrected chi connectivity index (χ0v) is 17.9. The lowest BCUT2D eigenvalue weighted by Gasteiger charge is -2.18. The van der Waals surface area contributed by atoms with Crippen LogP contribution in [0.5, 0.6) is 0 Å². The Kier molecular flexibility index (Phi) is 8.60. The number of carbonyl (C=O) groups is 1. The highest BCUT2D eigenvalue weighted by molar-refractivity contribution is 7.99. The van der Waals surface area contributed by atoms with E-state index >= 15 is 0 Å². The van der Waals surface area contributed by atoms with Gasteiger partial charge in [-0.05, 0) is 36.2 Å². The number of nitrogens with one attached hydrogen (secondary N) is 1. The maximum absolute atomic E-state index is 12.6. The van der Waals surface area contributed by atoms with Gasteiger partial charge in [0, 0.05) is 24.4 Å². The molecule has 9 heteroatoms. The normalized spacial score (nSPS) is 11.8. The second-order valence-corrected chi connectivity index (χ2v) is 9.13. The highest BCUT2D eigenvalue weighted by atomic mass is 32.2. The van der Waals surface area contributed by atoms with Crippen molar-refractivity contribution >= 4 is 33.4 Å². The Morgan fingerprint density at radius 1 is 1.07 bits per heavy atom. The number of alkyl halides is 2. The van der Waals surface area contributed by atoms with Gasteiger partial charge in [0.1, 0.15) is 0 Å². The van der Waals surface area contributed by atoms with Crippen LogP contribution in [0.15, 0.2) is 58.3 Å². The number of thioether (sulfide) groups is 1. The number of para-hydroxylation sites is 1. The molecule has 5 nitrogen and oxygen atoms in total. The van der Waals surface area contributed by atoms with Crippen LogP contribution < -0.4 is 5.32 Å². The number of hydrogen-bond acceptors (Lipinski definition) is 4. The number of sulfonamides is 1. The van der Waals surface area contributed by atoms with Crippen LogP contribution in [0.4, 0.5) is 14.5 Å². The average molecular weight is 443 g/mol. The standard InChI is InChI=1S/C20H24F2N2O3S2/c1-3-24(4-2)29(26,27)16-12-9-15(10-13-16)11-14-19(25)23-17-7-5-6-8-18(17)28-20(21)22/h5-10,12-13,20H,3-4,11,14H2,1-2H3,(H,23,25). The molecule has 29 heavy (non-hydrogen) atoms. The molecule has 0 saturated carbocycles. The number of nitrogens with zero attached hydrogens (tertiary/aromatic N) is 1. The summed E-state index contributed by atoms with van der Waals surface area (Å²) in [6.45, 7) is 4.36. The van der Waals surface area contributed by atoms with Crippen LogP contribution in [0, 0.1) is 0 Å². The Hall–Kier alpha value is -1.97. The predicted molar refractivity (Wildman–Crippen MR) is 112 cm³/mol. The van der Waals surface area contributed by atoms with Gasteiger partial charge < -0.3 is 5.32 Å². The summed E-state index contributed by atoms with van der Waals surface area (Å²) in [5.41, 5.74) is 1.16. The summed E-state index contributed by atoms with van der Waals surface area (Å²) >= 11 is 0.382. The van der Waals surface area contributed by atoms with E-state index in [4.69, 9.17) is 0 Å². The lowest BCUT2D eigenvalue weighted by Crippen LogP contribution is -2.30. The smallest absolute Gasteiger partial charge is 0.288 e. The van der Waals surface area contributed by atoms with Gasteiger partial charge in [-0.25, -0.2) is 8.42 Å². The van der Waals surface area contributed by atoms with E-state index in [1.165, 1.54) is 22.5 Å². The number of rotatable bonds is 10. The van der Waals surface area contributed by atoms with Gasteiger partial charge in [-0.2, -0.15) is 13.1 Å². The highest BCUT2D eigenvalue weighted by Gasteiger charge is 2.21. The summed E-state index contributed by atoms with van der Waals surface area (Å²) in [4.78, 5) is 12.7. The van der Waals surface area contributed by atoms with Crippen LogP contribution in [-0.2, 0) is 21.2 Å². The van der Waals surface area contributed by atoms with Crippen LogP contribution in [0.2, 0.25) is 0 Å². The third-order valence-corrected chi connectivity index (χ3v) is 7.14. The fourth-order valence-corrected chi connectivity index (χ4v) is 4.83. The molecule has 0 atom stereocenters. The number of halogens is 2. The Morgan fingerprint density at radius 2 is 1.69 bits per heavy atom. The van der Waals surface area contributed by atoms with Gasteiger partial charge in [-0.1, -0.05) is 49.9 Å². The van der Waals surface area contributed by atoms with Crippen molar-refractivity contribution in [3.05, 3.63) is 54.1 Å². The number of amides is 1. The number of anilines is 1. The fraction of sp³-hybridized carbons (Fsp3) is 0.350. The summed E-state index contributed by atoms with van der Waals surface area (Å²) in [6.07, 6.45) is 0.553. The van der Waals surface area contributed by atoms with E-state index < -0.39 is 15.8 Å². The van der Waals surface area contributed by atoms with Crippen molar-refractivity contribution in [2.24, 2.45) is 0 Å². The van der Waals surface area contributed by atoms with Gasteiger partial charge in [0.15, 0.2) is 0 Å². The molecule has 0 unspecified atom stereocenters. The molecule has 0 aliphatic heterocycles. The van der Waals surface area contributed by atoms with Crippen molar-refractivity contribution in [2.75, 3.05) is 18.4 Å². The lowest BCUT2D eigenvalue weighted by molar-refractivity contribution is -0.116. The summed E-state index contributed by atoms with van der Waals surface area (Å²) in [5.74, 6) is -2.87. The first-order chi connectivity index (χ1) is 13.8. The minimum Gasteiger partial charge on any atom is -0.325 e. The molecule has 2 aromatic rings. The van der Waals surface area contributed by atoms with Gasteiger partial charge in [0.2, 0.25) is 15.9 Å². The molecule has 158 valence electrons. The molecule has 0 radical (unpaired) electrons. The second-order valence-electron chi connectivity index (χ2n) is 6.16. The van der Waals surface area contributed by atoms with Crippen molar-refractivity contribution in [1.29, 1.82) is 0 Å². The monoisotopic (exact) mass is 442 g/mol. The summed E-state index contributed by atoms with van der Waals surface area (Å²) < 4.78 is 51.6. The van der Waals surface area contributed by atoms with E-state index in [-0.39, 0.29) is 17.2 Å². The molecular formula is C20H24F2N2O3S2. The Morgan fingerprint density at radius 3 is 2.28 bits per heavy atom. The summed E-state index contributed by atoms with van der Waals surface area (Å²) in [5, 5.41) is 2.66. The fourth-order valence-electron chi connectivity index (χ4n) is 2.78. The molecule has 0 heterocycles. The zero-order valence-electron chi connectivity index (χ0n) is 16.3. The number of hydrogen-bond donors (Lipinski definition) is 1. The topological polar surface area (TPSA) is 66.5 Å². The van der Waals surface area contributed by atoms with Crippen molar-refractivity contribution in [3.8, 4) is 0 Å². The molecule has 2 rings (SSSR count). The van der Waals surface area contributed by atoms with Gasteiger partial charge in [0.05, 0.1) is 10.6 Å². The van der Waals surface area contributed by atoms with Crippen molar-refractivity contribution < 1.29 is 22.0 Å². The number of carbonyl (C=O) groups excluding carboxylic acids is 1. The largest absolute Gasteiger partial charge is 0.325 e. The van der Waals surface area contributed by atoms with E-state index in [0.717, 1.165) is 5.56 Å². The first-order valence-electron chi connectivity index (χ1n) is 9.20. The third kappa shape index (κ3) is 6.52. The Balaban J connectivity index is 1.98. The predicted octanol–water partition coefficient (Wildman–Crippen LogP) is 4.60. The summed E-state index contributed by atoms with van der Waals surface area (Å²) in [6, 6.07) is 12.9. The van der Waals surface area contributed by atoms with E-state index in [1.807, 2.05) is 0 Å². The molecule has 1 amide bonds.